The summed E-state index contributed by atoms with van der Waals surface area (Å²) < 4.78 is 0.962. The lowest BCUT2D eigenvalue weighted by Crippen LogP contribution is -2.08. The number of hydrogen-bond donors (Lipinski definition) is 1. The van der Waals surface area contributed by atoms with Gasteiger partial charge >= 0.3 is 0 Å². The lowest BCUT2D eigenvalue weighted by atomic mass is 10.1. The zero-order chi connectivity index (χ0) is 14.0. The first-order valence-corrected chi connectivity index (χ1v) is 7.36. The highest BCUT2D eigenvalue weighted by Gasteiger charge is 2.12. The van der Waals surface area contributed by atoms with E-state index >= 15 is 0 Å². The van der Waals surface area contributed by atoms with E-state index in [4.69, 9.17) is 23.2 Å². The fraction of sp³-hybridized carbons (Fsp3) is 0.214. The van der Waals surface area contributed by atoms with E-state index in [2.05, 4.69) is 26.2 Å². The maximum atomic E-state index is 6.24. The quantitative estimate of drug-likeness (QED) is 0.718. The minimum absolute atomic E-state index is 0.0432. The van der Waals surface area contributed by atoms with E-state index in [1.165, 1.54) is 0 Å². The standard InChI is InChI=1S/C14H13BrCl2N2/c1-8-5-13(14(17)18-7-8)19-9(2)11-4-3-10(15)6-12(11)16/h3-7,9,19H,1-2H3. The minimum Gasteiger partial charge on any atom is -0.376 e. The van der Waals surface area contributed by atoms with Crippen molar-refractivity contribution in [3.05, 3.63) is 56.2 Å². The van der Waals surface area contributed by atoms with Gasteiger partial charge < -0.3 is 5.32 Å². The van der Waals surface area contributed by atoms with Gasteiger partial charge in [-0.1, -0.05) is 45.2 Å². The third-order valence-electron chi connectivity index (χ3n) is 2.78. The summed E-state index contributed by atoms with van der Waals surface area (Å²) >= 11 is 15.7. The molecule has 2 aromatic rings. The first-order chi connectivity index (χ1) is 8.97. The van der Waals surface area contributed by atoms with Crippen LogP contribution >= 0.6 is 39.1 Å². The van der Waals surface area contributed by atoms with E-state index < -0.39 is 0 Å². The molecular weight excluding hydrogens is 347 g/mol. The Labute approximate surface area is 131 Å². The van der Waals surface area contributed by atoms with Crippen molar-refractivity contribution in [3.63, 3.8) is 0 Å². The zero-order valence-corrected chi connectivity index (χ0v) is 13.6. The van der Waals surface area contributed by atoms with E-state index in [1.807, 2.05) is 38.1 Å². The van der Waals surface area contributed by atoms with Crippen molar-refractivity contribution < 1.29 is 0 Å². The predicted molar refractivity (Wildman–Crippen MR) is 85.2 cm³/mol. The number of pyridine rings is 1. The first kappa shape index (κ1) is 14.6. The molecule has 0 fully saturated rings. The second kappa shape index (κ2) is 6.12. The van der Waals surface area contributed by atoms with Crippen LogP contribution in [0.15, 0.2) is 34.9 Å². The molecule has 1 atom stereocenters. The van der Waals surface area contributed by atoms with Crippen molar-refractivity contribution >= 4 is 44.8 Å². The predicted octanol–water partition coefficient (Wildman–Crippen LogP) is 5.63. The second-order valence-corrected chi connectivity index (χ2v) is 6.06. The minimum atomic E-state index is 0.0432. The highest BCUT2D eigenvalue weighted by molar-refractivity contribution is 9.10. The van der Waals surface area contributed by atoms with Crippen LogP contribution in [0.4, 0.5) is 5.69 Å². The molecule has 19 heavy (non-hydrogen) atoms. The van der Waals surface area contributed by atoms with Gasteiger partial charge in [-0.2, -0.15) is 0 Å². The van der Waals surface area contributed by atoms with E-state index in [-0.39, 0.29) is 6.04 Å². The van der Waals surface area contributed by atoms with Crippen LogP contribution in [0.25, 0.3) is 0 Å². The van der Waals surface area contributed by atoms with Gasteiger partial charge in [0.15, 0.2) is 5.15 Å². The molecule has 1 aromatic heterocycles. The van der Waals surface area contributed by atoms with E-state index in [9.17, 15) is 0 Å². The Kier molecular flexibility index (Phi) is 4.71. The molecule has 100 valence electrons. The molecule has 0 saturated heterocycles. The highest BCUT2D eigenvalue weighted by Crippen LogP contribution is 2.30. The summed E-state index contributed by atoms with van der Waals surface area (Å²) in [6.45, 7) is 4.01. The molecular formula is C14H13BrCl2N2. The van der Waals surface area contributed by atoms with Gasteiger partial charge in [-0.15, -0.1) is 0 Å². The van der Waals surface area contributed by atoms with E-state index in [0.717, 1.165) is 21.3 Å². The molecule has 0 aliphatic carbocycles. The normalized spacial score (nSPS) is 12.3. The molecule has 1 unspecified atom stereocenters. The van der Waals surface area contributed by atoms with Crippen molar-refractivity contribution in [3.8, 4) is 0 Å². The summed E-state index contributed by atoms with van der Waals surface area (Å²) in [6.07, 6.45) is 1.74. The maximum Gasteiger partial charge on any atom is 0.152 e. The summed E-state index contributed by atoms with van der Waals surface area (Å²) in [5, 5.41) is 4.51. The summed E-state index contributed by atoms with van der Waals surface area (Å²) in [7, 11) is 0. The fourth-order valence-corrected chi connectivity index (χ4v) is 2.81. The fourth-order valence-electron chi connectivity index (χ4n) is 1.82. The lowest BCUT2D eigenvalue weighted by Gasteiger charge is -2.18. The van der Waals surface area contributed by atoms with Crippen LogP contribution in [-0.2, 0) is 0 Å². The number of nitrogens with one attached hydrogen (secondary N) is 1. The van der Waals surface area contributed by atoms with Gasteiger partial charge in [-0.25, -0.2) is 4.98 Å². The number of anilines is 1. The SMILES string of the molecule is Cc1cnc(Cl)c(NC(C)c2ccc(Br)cc2Cl)c1. The zero-order valence-electron chi connectivity index (χ0n) is 10.5. The van der Waals surface area contributed by atoms with Crippen LogP contribution in [0, 0.1) is 6.92 Å². The Balaban J connectivity index is 2.25. The van der Waals surface area contributed by atoms with Gasteiger partial charge in [0.1, 0.15) is 0 Å². The molecule has 0 radical (unpaired) electrons. The van der Waals surface area contributed by atoms with Crippen LogP contribution < -0.4 is 5.32 Å². The van der Waals surface area contributed by atoms with Crippen molar-refractivity contribution in [2.75, 3.05) is 5.32 Å². The Bertz CT molecular complexity index is 602. The maximum absolute atomic E-state index is 6.24. The summed E-state index contributed by atoms with van der Waals surface area (Å²) in [5.41, 5.74) is 2.89. The molecule has 0 aliphatic heterocycles. The number of halogens is 3. The molecule has 0 aliphatic rings. The highest BCUT2D eigenvalue weighted by atomic mass is 79.9. The van der Waals surface area contributed by atoms with Crippen molar-refractivity contribution in [1.82, 2.24) is 4.98 Å². The van der Waals surface area contributed by atoms with Gasteiger partial charge in [-0.3, -0.25) is 0 Å². The van der Waals surface area contributed by atoms with E-state index in [0.29, 0.717) is 10.2 Å². The second-order valence-electron chi connectivity index (χ2n) is 4.38. The molecule has 1 heterocycles. The van der Waals surface area contributed by atoms with Crippen LogP contribution in [0.2, 0.25) is 10.2 Å². The number of nitrogens with zero attached hydrogens (tertiary/aromatic N) is 1. The van der Waals surface area contributed by atoms with E-state index in [1.54, 1.807) is 6.20 Å². The number of benzene rings is 1. The van der Waals surface area contributed by atoms with Gasteiger partial charge in [0, 0.05) is 15.7 Å². The third-order valence-corrected chi connectivity index (χ3v) is 3.90. The molecule has 1 aromatic carbocycles. The monoisotopic (exact) mass is 358 g/mol. The Hall–Kier alpha value is -0.770. The molecule has 0 amide bonds. The Morgan fingerprint density at radius 1 is 1.26 bits per heavy atom. The number of aromatic nitrogens is 1. The molecule has 2 nitrogen and oxygen atoms in total. The van der Waals surface area contributed by atoms with Crippen LogP contribution in [0.5, 0.6) is 0 Å². The summed E-state index contributed by atoms with van der Waals surface area (Å²) in [5.74, 6) is 0. The Morgan fingerprint density at radius 2 is 2.00 bits per heavy atom. The Morgan fingerprint density at radius 3 is 2.68 bits per heavy atom. The van der Waals surface area contributed by atoms with Gasteiger partial charge in [0.05, 0.1) is 11.7 Å². The topological polar surface area (TPSA) is 24.9 Å². The van der Waals surface area contributed by atoms with Crippen molar-refractivity contribution in [1.29, 1.82) is 0 Å². The van der Waals surface area contributed by atoms with Crippen molar-refractivity contribution in [2.45, 2.75) is 19.9 Å². The smallest absolute Gasteiger partial charge is 0.152 e. The van der Waals surface area contributed by atoms with Crippen LogP contribution in [0.3, 0.4) is 0 Å². The number of aryl methyl sites for hydroxylation is 1. The number of hydrogen-bond acceptors (Lipinski definition) is 2. The van der Waals surface area contributed by atoms with Crippen molar-refractivity contribution in [2.24, 2.45) is 0 Å². The van der Waals surface area contributed by atoms with Gasteiger partial charge in [-0.05, 0) is 43.2 Å². The molecule has 0 bridgehead atoms. The van der Waals surface area contributed by atoms with Gasteiger partial charge in [0.2, 0.25) is 0 Å². The molecule has 0 saturated carbocycles. The van der Waals surface area contributed by atoms with Crippen LogP contribution in [0.1, 0.15) is 24.1 Å². The molecule has 0 spiro atoms. The average molecular weight is 360 g/mol. The third kappa shape index (κ3) is 3.62. The van der Waals surface area contributed by atoms with Crippen LogP contribution in [-0.4, -0.2) is 4.98 Å². The molecule has 2 rings (SSSR count). The first-order valence-electron chi connectivity index (χ1n) is 5.81. The lowest BCUT2D eigenvalue weighted by molar-refractivity contribution is 0.882. The summed E-state index contributed by atoms with van der Waals surface area (Å²) in [6, 6.07) is 7.85. The largest absolute Gasteiger partial charge is 0.376 e. The number of rotatable bonds is 3. The van der Waals surface area contributed by atoms with Gasteiger partial charge in [0.25, 0.3) is 0 Å². The average Bonchev–Trinajstić information content (AvgIpc) is 2.33. The molecule has 1 N–H and O–H groups in total. The summed E-state index contributed by atoms with van der Waals surface area (Å²) in [4.78, 5) is 4.12. The molecule has 5 heteroatoms.